The predicted molar refractivity (Wildman–Crippen MR) is 120 cm³/mol. The van der Waals surface area contributed by atoms with Crippen LogP contribution >= 0.6 is 0 Å². The molecule has 0 bridgehead atoms. The first-order valence-electron chi connectivity index (χ1n) is 11.0. The van der Waals surface area contributed by atoms with Gasteiger partial charge in [-0.15, -0.1) is 0 Å². The number of nitriles is 1. The number of nitrogens with one attached hydrogen (secondary N) is 1. The monoisotopic (exact) mass is 388 g/mol. The van der Waals surface area contributed by atoms with Gasteiger partial charge < -0.3 is 15.1 Å². The molecule has 1 N–H and O–H groups in total. The van der Waals surface area contributed by atoms with Crippen LogP contribution < -0.4 is 10.2 Å². The molecular formula is C25H32N4. The van der Waals surface area contributed by atoms with E-state index in [4.69, 9.17) is 0 Å². The van der Waals surface area contributed by atoms with Crippen LogP contribution in [0.2, 0.25) is 0 Å². The highest BCUT2D eigenvalue weighted by atomic mass is 15.2. The summed E-state index contributed by atoms with van der Waals surface area (Å²) in [6, 6.07) is 17.6. The zero-order valence-corrected chi connectivity index (χ0v) is 17.5. The van der Waals surface area contributed by atoms with Gasteiger partial charge in [-0.25, -0.2) is 0 Å². The Bertz CT molecular complexity index is 838. The van der Waals surface area contributed by atoms with Crippen molar-refractivity contribution in [3.05, 3.63) is 59.2 Å². The maximum Gasteiger partial charge on any atom is 0.0995 e. The van der Waals surface area contributed by atoms with Crippen LogP contribution in [0, 0.1) is 11.3 Å². The van der Waals surface area contributed by atoms with Crippen LogP contribution in [0.1, 0.15) is 54.7 Å². The van der Waals surface area contributed by atoms with Gasteiger partial charge in [0.05, 0.1) is 11.6 Å². The minimum Gasteiger partial charge on any atom is -0.381 e. The standard InChI is InChI=1S/C25H32N4/c1-28-13-15-29(16-14-28)25-12-9-22(18-26)23(17-25)19-27-24-10-7-21(8-11-24)20-5-3-2-4-6-20/h7-12,17,20,27H,2-6,13-16,19H2,1H3. The van der Waals surface area contributed by atoms with E-state index in [1.165, 1.54) is 43.4 Å². The molecule has 1 heterocycles. The van der Waals surface area contributed by atoms with Crippen LogP contribution in [-0.2, 0) is 6.54 Å². The van der Waals surface area contributed by atoms with Crippen LogP contribution in [-0.4, -0.2) is 38.1 Å². The molecule has 29 heavy (non-hydrogen) atoms. The molecule has 2 fully saturated rings. The lowest BCUT2D eigenvalue weighted by atomic mass is 9.84. The van der Waals surface area contributed by atoms with Crippen molar-refractivity contribution in [3.63, 3.8) is 0 Å². The van der Waals surface area contributed by atoms with Crippen molar-refractivity contribution < 1.29 is 0 Å². The molecule has 1 saturated heterocycles. The van der Waals surface area contributed by atoms with Gasteiger partial charge in [-0.2, -0.15) is 5.26 Å². The van der Waals surface area contributed by atoms with Gasteiger partial charge in [-0.05, 0) is 67.3 Å². The van der Waals surface area contributed by atoms with Gasteiger partial charge in [-0.1, -0.05) is 31.4 Å². The van der Waals surface area contributed by atoms with E-state index in [2.05, 4.69) is 64.6 Å². The highest BCUT2D eigenvalue weighted by molar-refractivity contribution is 5.55. The summed E-state index contributed by atoms with van der Waals surface area (Å²) in [6.07, 6.45) is 6.79. The molecule has 2 aromatic rings. The van der Waals surface area contributed by atoms with Crippen molar-refractivity contribution in [2.24, 2.45) is 0 Å². The number of hydrogen-bond donors (Lipinski definition) is 1. The molecule has 4 rings (SSSR count). The van der Waals surface area contributed by atoms with E-state index in [1.807, 2.05) is 6.07 Å². The van der Waals surface area contributed by atoms with Gasteiger partial charge in [0.2, 0.25) is 0 Å². The Labute approximate surface area is 175 Å². The molecular weight excluding hydrogens is 356 g/mol. The SMILES string of the molecule is CN1CCN(c2ccc(C#N)c(CNc3ccc(C4CCCCC4)cc3)c2)CC1. The van der Waals surface area contributed by atoms with E-state index < -0.39 is 0 Å². The summed E-state index contributed by atoms with van der Waals surface area (Å²) in [5.74, 6) is 0.739. The Balaban J connectivity index is 1.42. The lowest BCUT2D eigenvalue weighted by Gasteiger charge is -2.34. The van der Waals surface area contributed by atoms with Crippen molar-refractivity contribution in [3.8, 4) is 6.07 Å². The maximum absolute atomic E-state index is 9.53. The molecule has 4 nitrogen and oxygen atoms in total. The van der Waals surface area contributed by atoms with E-state index >= 15 is 0 Å². The van der Waals surface area contributed by atoms with Crippen molar-refractivity contribution in [1.29, 1.82) is 5.26 Å². The minimum absolute atomic E-state index is 0.674. The summed E-state index contributed by atoms with van der Waals surface area (Å²) in [5, 5.41) is 13.1. The molecule has 0 atom stereocenters. The summed E-state index contributed by atoms with van der Waals surface area (Å²) in [5.41, 5.74) is 5.65. The summed E-state index contributed by atoms with van der Waals surface area (Å²) in [4.78, 5) is 4.78. The lowest BCUT2D eigenvalue weighted by molar-refractivity contribution is 0.313. The first-order valence-corrected chi connectivity index (χ1v) is 11.0. The maximum atomic E-state index is 9.53. The number of rotatable bonds is 5. The van der Waals surface area contributed by atoms with E-state index in [9.17, 15) is 5.26 Å². The van der Waals surface area contributed by atoms with E-state index in [0.717, 1.165) is 48.9 Å². The fourth-order valence-corrected chi connectivity index (χ4v) is 4.60. The Kier molecular flexibility index (Phi) is 6.36. The predicted octanol–water partition coefficient (Wildman–Crippen LogP) is 4.97. The summed E-state index contributed by atoms with van der Waals surface area (Å²) in [6.45, 7) is 4.92. The molecule has 0 unspecified atom stereocenters. The van der Waals surface area contributed by atoms with Gasteiger partial charge in [0.25, 0.3) is 0 Å². The van der Waals surface area contributed by atoms with Gasteiger partial charge in [-0.3, -0.25) is 0 Å². The van der Waals surface area contributed by atoms with Crippen LogP contribution in [0.3, 0.4) is 0 Å². The molecule has 0 aromatic heterocycles. The average Bonchev–Trinajstić information content (AvgIpc) is 2.79. The molecule has 1 saturated carbocycles. The number of anilines is 2. The Morgan fingerprint density at radius 1 is 0.966 bits per heavy atom. The third-order valence-corrected chi connectivity index (χ3v) is 6.55. The average molecular weight is 389 g/mol. The number of hydrogen-bond acceptors (Lipinski definition) is 4. The normalized spacial score (nSPS) is 18.4. The zero-order chi connectivity index (χ0) is 20.1. The smallest absolute Gasteiger partial charge is 0.0995 e. The number of piperazine rings is 1. The van der Waals surface area contributed by atoms with Gasteiger partial charge in [0, 0.05) is 44.1 Å². The second-order valence-corrected chi connectivity index (χ2v) is 8.55. The molecule has 2 aromatic carbocycles. The topological polar surface area (TPSA) is 42.3 Å². The van der Waals surface area contributed by atoms with Crippen molar-refractivity contribution in [1.82, 2.24) is 4.90 Å². The molecule has 4 heteroatoms. The Morgan fingerprint density at radius 3 is 2.38 bits per heavy atom. The third kappa shape index (κ3) is 4.92. The first kappa shape index (κ1) is 19.8. The summed E-state index contributed by atoms with van der Waals surface area (Å²) < 4.78 is 0. The van der Waals surface area contributed by atoms with Gasteiger partial charge >= 0.3 is 0 Å². The van der Waals surface area contributed by atoms with Crippen molar-refractivity contribution in [2.75, 3.05) is 43.4 Å². The Hall–Kier alpha value is -2.51. The lowest BCUT2D eigenvalue weighted by Crippen LogP contribution is -2.44. The minimum atomic E-state index is 0.674. The summed E-state index contributed by atoms with van der Waals surface area (Å²) >= 11 is 0. The van der Waals surface area contributed by atoms with Gasteiger partial charge in [0.15, 0.2) is 0 Å². The largest absolute Gasteiger partial charge is 0.381 e. The molecule has 0 radical (unpaired) electrons. The van der Waals surface area contributed by atoms with Crippen LogP contribution in [0.25, 0.3) is 0 Å². The van der Waals surface area contributed by atoms with E-state index in [0.29, 0.717) is 6.54 Å². The number of likely N-dealkylation sites (N-methyl/N-ethyl adjacent to an activating group) is 1. The second-order valence-electron chi connectivity index (χ2n) is 8.55. The number of nitrogens with zero attached hydrogens (tertiary/aromatic N) is 3. The number of benzene rings is 2. The van der Waals surface area contributed by atoms with Crippen LogP contribution in [0.5, 0.6) is 0 Å². The first-order chi connectivity index (χ1) is 14.2. The third-order valence-electron chi connectivity index (χ3n) is 6.55. The molecule has 2 aliphatic rings. The Morgan fingerprint density at radius 2 is 1.69 bits per heavy atom. The molecule has 1 aliphatic heterocycles. The van der Waals surface area contributed by atoms with Crippen molar-refractivity contribution >= 4 is 11.4 Å². The quantitative estimate of drug-likeness (QED) is 0.785. The van der Waals surface area contributed by atoms with E-state index in [1.54, 1.807) is 0 Å². The molecule has 0 spiro atoms. The highest BCUT2D eigenvalue weighted by Crippen LogP contribution is 2.33. The fraction of sp³-hybridized carbons (Fsp3) is 0.480. The second kappa shape index (κ2) is 9.33. The van der Waals surface area contributed by atoms with Crippen LogP contribution in [0.4, 0.5) is 11.4 Å². The molecule has 1 aliphatic carbocycles. The van der Waals surface area contributed by atoms with Crippen molar-refractivity contribution in [2.45, 2.75) is 44.6 Å². The zero-order valence-electron chi connectivity index (χ0n) is 17.5. The van der Waals surface area contributed by atoms with Crippen LogP contribution in [0.15, 0.2) is 42.5 Å². The highest BCUT2D eigenvalue weighted by Gasteiger charge is 2.16. The van der Waals surface area contributed by atoms with E-state index in [-0.39, 0.29) is 0 Å². The summed E-state index contributed by atoms with van der Waals surface area (Å²) in [7, 11) is 2.17. The molecule has 152 valence electrons. The van der Waals surface area contributed by atoms with Gasteiger partial charge in [0.1, 0.15) is 0 Å². The molecule has 0 amide bonds. The fourth-order valence-electron chi connectivity index (χ4n) is 4.60.